The Labute approximate surface area is 67.1 Å². The number of aliphatic carboxylic acids is 1. The van der Waals surface area contributed by atoms with Crippen LogP contribution in [0.1, 0.15) is 19.8 Å². The molecule has 11 heavy (non-hydrogen) atoms. The van der Waals surface area contributed by atoms with E-state index in [0.717, 1.165) is 6.54 Å². The van der Waals surface area contributed by atoms with Crippen molar-refractivity contribution in [3.63, 3.8) is 0 Å². The number of carboxylic acid groups (broad SMARTS) is 1. The fourth-order valence-electron chi connectivity index (χ4n) is 0.919. The van der Waals surface area contributed by atoms with Crippen LogP contribution in [0.15, 0.2) is 12.7 Å². The van der Waals surface area contributed by atoms with Crippen LogP contribution in [0.25, 0.3) is 0 Å². The number of carboxylic acids is 1. The summed E-state index contributed by atoms with van der Waals surface area (Å²) < 4.78 is 0. The normalized spacial score (nSPS) is 12.5. The Hall–Kier alpha value is -0.830. The second-order valence-electron chi connectivity index (χ2n) is 2.45. The number of rotatable bonds is 6. The smallest absolute Gasteiger partial charge is 0.105 e. The molecule has 3 heteroatoms. The molecule has 2 N–H and O–H groups in total. The molecule has 0 aliphatic carbocycles. The quantitative estimate of drug-likeness (QED) is 0.485. The molecule has 0 aliphatic heterocycles. The van der Waals surface area contributed by atoms with E-state index in [0.29, 0.717) is 6.42 Å². The van der Waals surface area contributed by atoms with Gasteiger partial charge in [0, 0.05) is 12.4 Å². The SMILES string of the molecule is C=CC(CCC(=O)[O-])[NH2+]CC. The number of quaternary nitrogens is 1. The fourth-order valence-corrected chi connectivity index (χ4v) is 0.919. The largest absolute Gasteiger partial charge is 0.550 e. The van der Waals surface area contributed by atoms with Crippen molar-refractivity contribution >= 4 is 5.97 Å². The minimum Gasteiger partial charge on any atom is -0.550 e. The lowest BCUT2D eigenvalue weighted by Crippen LogP contribution is -2.89. The Balaban J connectivity index is 3.51. The van der Waals surface area contributed by atoms with Crippen molar-refractivity contribution in [3.8, 4) is 0 Å². The van der Waals surface area contributed by atoms with Crippen LogP contribution in [0.5, 0.6) is 0 Å². The van der Waals surface area contributed by atoms with Gasteiger partial charge in [-0.05, 0) is 19.4 Å². The lowest BCUT2D eigenvalue weighted by atomic mass is 10.1. The molecule has 0 spiro atoms. The summed E-state index contributed by atoms with van der Waals surface area (Å²) in [6, 6.07) is 0.220. The fraction of sp³-hybridized carbons (Fsp3) is 0.625. The molecule has 0 bridgehead atoms. The predicted octanol–water partition coefficient (Wildman–Crippen LogP) is -1.35. The number of carbonyl (C=O) groups is 1. The monoisotopic (exact) mass is 157 g/mol. The molecule has 0 saturated heterocycles. The van der Waals surface area contributed by atoms with Crippen molar-refractivity contribution in [3.05, 3.63) is 12.7 Å². The first kappa shape index (κ1) is 10.2. The lowest BCUT2D eigenvalue weighted by molar-refractivity contribution is -0.676. The molecule has 3 nitrogen and oxygen atoms in total. The first-order valence-corrected chi connectivity index (χ1v) is 3.86. The molecular formula is C8H15NO2. The van der Waals surface area contributed by atoms with Crippen LogP contribution in [0.2, 0.25) is 0 Å². The highest BCUT2D eigenvalue weighted by Crippen LogP contribution is 1.91. The number of hydrogen-bond acceptors (Lipinski definition) is 2. The van der Waals surface area contributed by atoms with Gasteiger partial charge in [-0.3, -0.25) is 0 Å². The summed E-state index contributed by atoms with van der Waals surface area (Å²) >= 11 is 0. The standard InChI is InChI=1S/C8H15NO2/c1-3-7(9-4-2)5-6-8(10)11/h3,7,9H,1,4-6H2,2H3,(H,10,11). The van der Waals surface area contributed by atoms with Crippen LogP contribution < -0.4 is 10.4 Å². The van der Waals surface area contributed by atoms with Gasteiger partial charge in [0.1, 0.15) is 6.04 Å². The first-order chi connectivity index (χ1) is 5.20. The topological polar surface area (TPSA) is 56.7 Å². The van der Waals surface area contributed by atoms with E-state index in [4.69, 9.17) is 0 Å². The van der Waals surface area contributed by atoms with E-state index in [1.807, 2.05) is 6.92 Å². The zero-order chi connectivity index (χ0) is 8.69. The van der Waals surface area contributed by atoms with Crippen molar-refractivity contribution < 1.29 is 15.2 Å². The average Bonchev–Trinajstić information content (AvgIpc) is 1.97. The molecular weight excluding hydrogens is 142 g/mol. The van der Waals surface area contributed by atoms with Gasteiger partial charge in [0.2, 0.25) is 0 Å². The van der Waals surface area contributed by atoms with Crippen molar-refractivity contribution in [1.29, 1.82) is 0 Å². The third-order valence-electron chi connectivity index (χ3n) is 1.52. The average molecular weight is 157 g/mol. The summed E-state index contributed by atoms with van der Waals surface area (Å²) in [6.07, 6.45) is 2.50. The number of nitrogens with two attached hydrogens (primary N) is 1. The molecule has 0 aromatic rings. The van der Waals surface area contributed by atoms with Crippen LogP contribution in [0.3, 0.4) is 0 Å². The van der Waals surface area contributed by atoms with Crippen LogP contribution in [-0.4, -0.2) is 18.6 Å². The zero-order valence-electron chi connectivity index (χ0n) is 6.88. The van der Waals surface area contributed by atoms with E-state index >= 15 is 0 Å². The van der Waals surface area contributed by atoms with Crippen molar-refractivity contribution in [2.24, 2.45) is 0 Å². The molecule has 0 aromatic heterocycles. The van der Waals surface area contributed by atoms with Crippen LogP contribution >= 0.6 is 0 Å². The predicted molar refractivity (Wildman–Crippen MR) is 40.7 cm³/mol. The van der Waals surface area contributed by atoms with Gasteiger partial charge in [-0.1, -0.05) is 6.58 Å². The summed E-state index contributed by atoms with van der Waals surface area (Å²) in [5.74, 6) is -0.985. The van der Waals surface area contributed by atoms with Crippen LogP contribution in [0, 0.1) is 0 Å². The number of carbonyl (C=O) groups excluding carboxylic acids is 1. The molecule has 0 amide bonds. The van der Waals surface area contributed by atoms with Crippen molar-refractivity contribution in [1.82, 2.24) is 0 Å². The van der Waals surface area contributed by atoms with Crippen LogP contribution in [0.4, 0.5) is 0 Å². The summed E-state index contributed by atoms with van der Waals surface area (Å²) in [5, 5.41) is 12.1. The third kappa shape index (κ3) is 5.61. The van der Waals surface area contributed by atoms with Crippen LogP contribution in [-0.2, 0) is 4.79 Å². The Morgan fingerprint density at radius 1 is 1.82 bits per heavy atom. The van der Waals surface area contributed by atoms with Gasteiger partial charge in [0.05, 0.1) is 6.54 Å². The zero-order valence-corrected chi connectivity index (χ0v) is 6.88. The van der Waals surface area contributed by atoms with Gasteiger partial charge >= 0.3 is 0 Å². The van der Waals surface area contributed by atoms with Crippen molar-refractivity contribution in [2.45, 2.75) is 25.8 Å². The molecule has 0 aromatic carbocycles. The first-order valence-electron chi connectivity index (χ1n) is 3.86. The maximum atomic E-state index is 10.1. The minimum absolute atomic E-state index is 0.118. The lowest BCUT2D eigenvalue weighted by Gasteiger charge is -2.09. The van der Waals surface area contributed by atoms with Gasteiger partial charge in [-0.15, -0.1) is 0 Å². The molecule has 0 heterocycles. The number of likely N-dealkylation sites (N-methyl/N-ethyl adjacent to an activating group) is 1. The van der Waals surface area contributed by atoms with E-state index in [1.54, 1.807) is 6.08 Å². The third-order valence-corrected chi connectivity index (χ3v) is 1.52. The Bertz CT molecular complexity index is 134. The second-order valence-corrected chi connectivity index (χ2v) is 2.45. The Morgan fingerprint density at radius 3 is 2.82 bits per heavy atom. The molecule has 0 rings (SSSR count). The Kier molecular flexibility index (Phi) is 5.47. The summed E-state index contributed by atoms with van der Waals surface area (Å²) in [5.41, 5.74) is 0. The second kappa shape index (κ2) is 5.92. The molecule has 64 valence electrons. The van der Waals surface area contributed by atoms with Gasteiger partial charge in [0.25, 0.3) is 0 Å². The van der Waals surface area contributed by atoms with E-state index in [-0.39, 0.29) is 12.5 Å². The molecule has 0 saturated carbocycles. The van der Waals surface area contributed by atoms with E-state index in [9.17, 15) is 9.90 Å². The van der Waals surface area contributed by atoms with Gasteiger partial charge in [-0.25, -0.2) is 0 Å². The summed E-state index contributed by atoms with van der Waals surface area (Å²) in [6.45, 7) is 6.58. The maximum Gasteiger partial charge on any atom is 0.105 e. The molecule has 0 aliphatic rings. The van der Waals surface area contributed by atoms with Gasteiger partial charge < -0.3 is 15.2 Å². The Morgan fingerprint density at radius 2 is 2.45 bits per heavy atom. The van der Waals surface area contributed by atoms with Crippen molar-refractivity contribution in [2.75, 3.05) is 6.54 Å². The minimum atomic E-state index is -0.985. The highest BCUT2D eigenvalue weighted by atomic mass is 16.4. The van der Waals surface area contributed by atoms with Gasteiger partial charge in [0.15, 0.2) is 0 Å². The number of hydrogen-bond donors (Lipinski definition) is 1. The maximum absolute atomic E-state index is 10.1. The highest BCUT2D eigenvalue weighted by Gasteiger charge is 2.04. The summed E-state index contributed by atoms with van der Waals surface area (Å²) in [4.78, 5) is 10.1. The molecule has 0 radical (unpaired) electrons. The molecule has 1 unspecified atom stereocenters. The van der Waals surface area contributed by atoms with E-state index in [2.05, 4.69) is 11.9 Å². The highest BCUT2D eigenvalue weighted by molar-refractivity contribution is 5.64. The van der Waals surface area contributed by atoms with Gasteiger partial charge in [-0.2, -0.15) is 0 Å². The molecule has 1 atom stereocenters. The molecule has 0 fully saturated rings. The van der Waals surface area contributed by atoms with E-state index in [1.165, 1.54) is 0 Å². The van der Waals surface area contributed by atoms with E-state index < -0.39 is 5.97 Å². The summed E-state index contributed by atoms with van der Waals surface area (Å²) in [7, 11) is 0.